The number of ether oxygens (including phenoxy) is 1. The highest BCUT2D eigenvalue weighted by Crippen LogP contribution is 2.31. The molecule has 0 atom stereocenters. The molecule has 0 aliphatic rings. The normalized spacial score (nSPS) is 10.7. The van der Waals surface area contributed by atoms with E-state index in [0.717, 1.165) is 10.9 Å². The SMILES string of the molecule is COc1cc(C(=O)O)cc2c(Br)nn(C)c12. The van der Waals surface area contributed by atoms with E-state index in [2.05, 4.69) is 21.0 Å². The molecule has 0 spiro atoms. The molecule has 5 nitrogen and oxygen atoms in total. The second-order valence-electron chi connectivity index (χ2n) is 3.29. The summed E-state index contributed by atoms with van der Waals surface area (Å²) in [6.07, 6.45) is 0. The molecule has 1 N–H and O–H groups in total. The molecule has 0 radical (unpaired) electrons. The van der Waals surface area contributed by atoms with E-state index in [-0.39, 0.29) is 5.56 Å². The minimum absolute atomic E-state index is 0.179. The predicted octanol–water partition coefficient (Wildman–Crippen LogP) is 2.04. The molecule has 2 rings (SSSR count). The van der Waals surface area contributed by atoms with E-state index in [1.54, 1.807) is 17.8 Å². The number of fused-ring (bicyclic) bond motifs is 1. The molecule has 1 aromatic carbocycles. The Morgan fingerprint density at radius 1 is 1.56 bits per heavy atom. The number of benzene rings is 1. The molecule has 6 heteroatoms. The summed E-state index contributed by atoms with van der Waals surface area (Å²) in [4.78, 5) is 10.9. The van der Waals surface area contributed by atoms with Gasteiger partial charge in [0.2, 0.25) is 0 Å². The summed E-state index contributed by atoms with van der Waals surface area (Å²) in [5.41, 5.74) is 0.942. The Hall–Kier alpha value is -1.56. The van der Waals surface area contributed by atoms with Crippen LogP contribution < -0.4 is 4.74 Å². The zero-order chi connectivity index (χ0) is 11.9. The Labute approximate surface area is 99.8 Å². The van der Waals surface area contributed by atoms with Gasteiger partial charge >= 0.3 is 5.97 Å². The third kappa shape index (κ3) is 1.55. The molecule has 84 valence electrons. The van der Waals surface area contributed by atoms with E-state index in [0.29, 0.717) is 10.4 Å². The topological polar surface area (TPSA) is 64.3 Å². The zero-order valence-corrected chi connectivity index (χ0v) is 10.3. The maximum Gasteiger partial charge on any atom is 0.335 e. The van der Waals surface area contributed by atoms with E-state index < -0.39 is 5.97 Å². The number of carboxylic acid groups (broad SMARTS) is 1. The number of nitrogens with zero attached hydrogens (tertiary/aromatic N) is 2. The number of carboxylic acids is 1. The third-order valence-corrected chi connectivity index (χ3v) is 2.91. The van der Waals surface area contributed by atoms with Crippen molar-refractivity contribution in [2.24, 2.45) is 7.05 Å². The van der Waals surface area contributed by atoms with Gasteiger partial charge in [0.05, 0.1) is 12.7 Å². The summed E-state index contributed by atoms with van der Waals surface area (Å²) < 4.78 is 7.41. The van der Waals surface area contributed by atoms with Gasteiger partial charge in [-0.15, -0.1) is 0 Å². The van der Waals surface area contributed by atoms with Gasteiger partial charge in [-0.3, -0.25) is 4.68 Å². The number of carbonyl (C=O) groups is 1. The molecule has 0 bridgehead atoms. The van der Waals surface area contributed by atoms with Crippen LogP contribution in [-0.4, -0.2) is 28.0 Å². The molecule has 16 heavy (non-hydrogen) atoms. The molecule has 0 unspecified atom stereocenters. The lowest BCUT2D eigenvalue weighted by Gasteiger charge is -2.05. The fourth-order valence-corrected chi connectivity index (χ4v) is 2.15. The van der Waals surface area contributed by atoms with Crippen LogP contribution in [0.4, 0.5) is 0 Å². The van der Waals surface area contributed by atoms with Crippen molar-refractivity contribution in [2.75, 3.05) is 7.11 Å². The summed E-state index contributed by atoms with van der Waals surface area (Å²) >= 11 is 3.28. The van der Waals surface area contributed by atoms with Crippen molar-refractivity contribution in [3.05, 3.63) is 22.3 Å². The van der Waals surface area contributed by atoms with Crippen LogP contribution in [0.25, 0.3) is 10.9 Å². The van der Waals surface area contributed by atoms with Crippen LogP contribution >= 0.6 is 15.9 Å². The quantitative estimate of drug-likeness (QED) is 0.917. The first-order chi connectivity index (χ1) is 7.54. The fourth-order valence-electron chi connectivity index (χ4n) is 1.61. The van der Waals surface area contributed by atoms with Crippen molar-refractivity contribution in [3.63, 3.8) is 0 Å². The summed E-state index contributed by atoms with van der Waals surface area (Å²) in [6, 6.07) is 3.05. The molecule has 0 saturated carbocycles. The maximum atomic E-state index is 10.9. The molecule has 0 amide bonds. The van der Waals surface area contributed by atoms with Gasteiger partial charge < -0.3 is 9.84 Å². The monoisotopic (exact) mass is 284 g/mol. The molecule has 2 aromatic rings. The van der Waals surface area contributed by atoms with E-state index >= 15 is 0 Å². The number of aryl methyl sites for hydroxylation is 1. The van der Waals surface area contributed by atoms with Gasteiger partial charge in [-0.05, 0) is 28.1 Å². The number of halogens is 1. The number of aromatic carboxylic acids is 1. The van der Waals surface area contributed by atoms with Gasteiger partial charge in [0.1, 0.15) is 15.9 Å². The van der Waals surface area contributed by atoms with Gasteiger partial charge in [0, 0.05) is 12.4 Å². The van der Waals surface area contributed by atoms with Crippen molar-refractivity contribution in [3.8, 4) is 5.75 Å². The van der Waals surface area contributed by atoms with Crippen LogP contribution in [0.15, 0.2) is 16.7 Å². The molecule has 0 aliphatic heterocycles. The Bertz CT molecular complexity index is 577. The summed E-state index contributed by atoms with van der Waals surface area (Å²) in [5.74, 6) is -0.494. The van der Waals surface area contributed by atoms with E-state index in [1.165, 1.54) is 13.2 Å². The minimum Gasteiger partial charge on any atom is -0.494 e. The lowest BCUT2D eigenvalue weighted by molar-refractivity contribution is 0.0696. The molecular weight excluding hydrogens is 276 g/mol. The van der Waals surface area contributed by atoms with Crippen molar-refractivity contribution in [1.82, 2.24) is 9.78 Å². The lowest BCUT2D eigenvalue weighted by Crippen LogP contribution is -1.99. The average molecular weight is 285 g/mol. The first-order valence-electron chi connectivity index (χ1n) is 4.48. The van der Waals surface area contributed by atoms with Gasteiger partial charge in [-0.25, -0.2) is 4.79 Å². The number of hydrogen-bond acceptors (Lipinski definition) is 3. The van der Waals surface area contributed by atoms with Crippen LogP contribution in [0.1, 0.15) is 10.4 Å². The predicted molar refractivity (Wildman–Crippen MR) is 61.9 cm³/mol. The van der Waals surface area contributed by atoms with Crippen LogP contribution in [0.2, 0.25) is 0 Å². The third-order valence-electron chi connectivity index (χ3n) is 2.33. The molecule has 0 fully saturated rings. The maximum absolute atomic E-state index is 10.9. The fraction of sp³-hybridized carbons (Fsp3) is 0.200. The Balaban J connectivity index is 2.86. The standard InChI is InChI=1S/C10H9BrN2O3/c1-13-8-6(9(11)12-13)3-5(10(14)15)4-7(8)16-2/h3-4H,1-2H3,(H,14,15). The van der Waals surface area contributed by atoms with Gasteiger partial charge in [0.25, 0.3) is 0 Å². The van der Waals surface area contributed by atoms with Crippen LogP contribution in [0.5, 0.6) is 5.75 Å². The molecule has 1 heterocycles. The van der Waals surface area contributed by atoms with Crippen molar-refractivity contribution < 1.29 is 14.6 Å². The van der Waals surface area contributed by atoms with Crippen LogP contribution in [-0.2, 0) is 7.05 Å². The van der Waals surface area contributed by atoms with Gasteiger partial charge in [-0.1, -0.05) is 0 Å². The van der Waals surface area contributed by atoms with Crippen LogP contribution in [0.3, 0.4) is 0 Å². The second-order valence-corrected chi connectivity index (χ2v) is 4.05. The lowest BCUT2D eigenvalue weighted by atomic mass is 10.1. The number of rotatable bonds is 2. The van der Waals surface area contributed by atoms with Gasteiger partial charge in [-0.2, -0.15) is 5.10 Å². The second kappa shape index (κ2) is 3.79. The van der Waals surface area contributed by atoms with Crippen LogP contribution in [0, 0.1) is 0 Å². The van der Waals surface area contributed by atoms with Crippen molar-refractivity contribution in [1.29, 1.82) is 0 Å². The van der Waals surface area contributed by atoms with E-state index in [1.807, 2.05) is 0 Å². The summed E-state index contributed by atoms with van der Waals surface area (Å²) in [6.45, 7) is 0. The Morgan fingerprint density at radius 3 is 2.81 bits per heavy atom. The summed E-state index contributed by atoms with van der Waals surface area (Å²) in [5, 5.41) is 13.8. The highest BCUT2D eigenvalue weighted by molar-refractivity contribution is 9.10. The smallest absolute Gasteiger partial charge is 0.335 e. The van der Waals surface area contributed by atoms with Gasteiger partial charge in [0.15, 0.2) is 0 Å². The first kappa shape index (κ1) is 10.9. The number of methoxy groups -OCH3 is 1. The molecule has 1 aromatic heterocycles. The average Bonchev–Trinajstić information content (AvgIpc) is 2.53. The minimum atomic E-state index is -0.990. The Morgan fingerprint density at radius 2 is 2.25 bits per heavy atom. The molecule has 0 saturated heterocycles. The van der Waals surface area contributed by atoms with E-state index in [9.17, 15) is 4.79 Å². The molecular formula is C10H9BrN2O3. The summed E-state index contributed by atoms with van der Waals surface area (Å²) in [7, 11) is 3.28. The van der Waals surface area contributed by atoms with E-state index in [4.69, 9.17) is 9.84 Å². The van der Waals surface area contributed by atoms with Crippen molar-refractivity contribution in [2.45, 2.75) is 0 Å². The molecule has 0 aliphatic carbocycles. The number of aromatic nitrogens is 2. The largest absolute Gasteiger partial charge is 0.494 e. The first-order valence-corrected chi connectivity index (χ1v) is 5.27. The highest BCUT2D eigenvalue weighted by Gasteiger charge is 2.15. The highest BCUT2D eigenvalue weighted by atomic mass is 79.9. The zero-order valence-electron chi connectivity index (χ0n) is 8.69. The van der Waals surface area contributed by atoms with Crippen molar-refractivity contribution >= 4 is 32.8 Å². The Kier molecular flexibility index (Phi) is 2.59. The number of hydrogen-bond donors (Lipinski definition) is 1.